The molecular weight excluding hydrogens is 346 g/mol. The third kappa shape index (κ3) is 4.76. The topological polar surface area (TPSA) is 107 Å². The first-order valence-electron chi connectivity index (χ1n) is 8.36. The fraction of sp³-hybridized carbons (Fsp3) is 0.250. The minimum Gasteiger partial charge on any atom is -0.494 e. The summed E-state index contributed by atoms with van der Waals surface area (Å²) in [5.74, 6) is -0.885. The van der Waals surface area contributed by atoms with Gasteiger partial charge in [0, 0.05) is 17.1 Å². The number of hydrogen-bond donors (Lipinski definition) is 1. The van der Waals surface area contributed by atoms with Gasteiger partial charge in [0.15, 0.2) is 6.61 Å². The van der Waals surface area contributed by atoms with E-state index in [9.17, 15) is 14.9 Å². The van der Waals surface area contributed by atoms with Crippen molar-refractivity contribution < 1.29 is 19.1 Å². The number of nitriles is 1. The highest BCUT2D eigenvalue weighted by molar-refractivity contribution is 5.99. The van der Waals surface area contributed by atoms with Crippen LogP contribution in [0, 0.1) is 25.2 Å². The number of aromatic nitrogens is 1. The lowest BCUT2D eigenvalue weighted by Gasteiger charge is -2.11. The number of ether oxygens (including phenoxy) is 2. The van der Waals surface area contributed by atoms with Crippen LogP contribution in [0.5, 0.6) is 5.75 Å². The van der Waals surface area contributed by atoms with Gasteiger partial charge in [-0.1, -0.05) is 0 Å². The van der Waals surface area contributed by atoms with Crippen LogP contribution in [0.4, 0.5) is 0 Å². The van der Waals surface area contributed by atoms with Gasteiger partial charge in [0.05, 0.1) is 6.61 Å². The molecule has 0 saturated carbocycles. The molecule has 0 unspecified atom stereocenters. The van der Waals surface area contributed by atoms with Crippen molar-refractivity contribution in [2.45, 2.75) is 20.8 Å². The van der Waals surface area contributed by atoms with E-state index in [0.717, 1.165) is 22.8 Å². The van der Waals surface area contributed by atoms with E-state index in [1.165, 1.54) is 6.08 Å². The molecule has 27 heavy (non-hydrogen) atoms. The fourth-order valence-electron chi connectivity index (χ4n) is 2.70. The summed E-state index contributed by atoms with van der Waals surface area (Å²) < 4.78 is 12.2. The third-order valence-corrected chi connectivity index (χ3v) is 3.86. The number of carbonyl (C=O) groups is 2. The van der Waals surface area contributed by atoms with E-state index >= 15 is 0 Å². The summed E-state index contributed by atoms with van der Waals surface area (Å²) in [4.78, 5) is 22.6. The first kappa shape index (κ1) is 19.8. The summed E-state index contributed by atoms with van der Waals surface area (Å²) in [6.45, 7) is 5.77. The Kier molecular flexibility index (Phi) is 6.39. The highest BCUT2D eigenvalue weighted by Gasteiger charge is 2.15. The van der Waals surface area contributed by atoms with Crippen LogP contribution in [0.15, 0.2) is 35.9 Å². The Labute approximate surface area is 157 Å². The number of aryl methyl sites for hydroxylation is 1. The van der Waals surface area contributed by atoms with Gasteiger partial charge < -0.3 is 19.8 Å². The highest BCUT2D eigenvalue weighted by atomic mass is 16.5. The molecule has 2 N–H and O–H groups in total. The molecule has 1 aromatic heterocycles. The van der Waals surface area contributed by atoms with Crippen LogP contribution in [0.1, 0.15) is 23.9 Å². The number of nitrogens with two attached hydrogens (primary N) is 1. The summed E-state index contributed by atoms with van der Waals surface area (Å²) in [6, 6.07) is 11.3. The van der Waals surface area contributed by atoms with Crippen LogP contribution in [-0.4, -0.2) is 29.7 Å². The zero-order valence-corrected chi connectivity index (χ0v) is 15.5. The van der Waals surface area contributed by atoms with Gasteiger partial charge in [-0.25, -0.2) is 4.79 Å². The van der Waals surface area contributed by atoms with Crippen LogP contribution < -0.4 is 10.5 Å². The number of esters is 1. The normalized spacial score (nSPS) is 11.0. The molecule has 0 aliphatic carbocycles. The SMILES string of the molecule is CCOc1ccc(-n2c(C)cc(/C=C(\C#N)C(=O)OCC(N)=O)c2C)cc1. The minimum absolute atomic E-state index is 0.205. The van der Waals surface area contributed by atoms with E-state index in [-0.39, 0.29) is 5.57 Å². The summed E-state index contributed by atoms with van der Waals surface area (Å²) in [7, 11) is 0. The average Bonchev–Trinajstić information content (AvgIpc) is 2.92. The largest absolute Gasteiger partial charge is 0.494 e. The summed E-state index contributed by atoms with van der Waals surface area (Å²) in [5.41, 5.74) is 8.17. The highest BCUT2D eigenvalue weighted by Crippen LogP contribution is 2.24. The lowest BCUT2D eigenvalue weighted by Crippen LogP contribution is -2.21. The fourth-order valence-corrected chi connectivity index (χ4v) is 2.70. The molecule has 7 heteroatoms. The van der Waals surface area contributed by atoms with Crippen LogP contribution in [0.25, 0.3) is 11.8 Å². The summed E-state index contributed by atoms with van der Waals surface area (Å²) in [6.07, 6.45) is 1.44. The number of hydrogen-bond acceptors (Lipinski definition) is 5. The number of primary amides is 1. The molecule has 2 aromatic rings. The second kappa shape index (κ2) is 8.72. The second-order valence-corrected chi connectivity index (χ2v) is 5.80. The van der Waals surface area contributed by atoms with E-state index in [1.807, 2.05) is 55.7 Å². The number of nitrogens with zero attached hydrogens (tertiary/aromatic N) is 2. The maximum Gasteiger partial charge on any atom is 0.349 e. The molecule has 0 aliphatic heterocycles. The Hall–Kier alpha value is -3.53. The van der Waals surface area contributed by atoms with Gasteiger partial charge in [0.25, 0.3) is 5.91 Å². The number of carbonyl (C=O) groups excluding carboxylic acids is 2. The zero-order valence-electron chi connectivity index (χ0n) is 15.5. The monoisotopic (exact) mass is 367 g/mol. The van der Waals surface area contributed by atoms with Crippen LogP contribution in [0.3, 0.4) is 0 Å². The molecule has 2 rings (SSSR count). The summed E-state index contributed by atoms with van der Waals surface area (Å²) in [5, 5.41) is 9.23. The van der Waals surface area contributed by atoms with Gasteiger partial charge in [-0.2, -0.15) is 5.26 Å². The minimum atomic E-state index is -0.887. The molecule has 0 saturated heterocycles. The van der Waals surface area contributed by atoms with Gasteiger partial charge in [-0.3, -0.25) is 4.79 Å². The number of benzene rings is 1. The Morgan fingerprint density at radius 3 is 2.48 bits per heavy atom. The molecule has 0 bridgehead atoms. The van der Waals surface area contributed by atoms with E-state index < -0.39 is 18.5 Å². The molecular formula is C20H21N3O4. The first-order chi connectivity index (χ1) is 12.9. The molecule has 1 heterocycles. The summed E-state index contributed by atoms with van der Waals surface area (Å²) >= 11 is 0. The molecule has 0 spiro atoms. The molecule has 0 radical (unpaired) electrons. The van der Waals surface area contributed by atoms with Gasteiger partial charge in [-0.15, -0.1) is 0 Å². The van der Waals surface area contributed by atoms with Gasteiger partial charge >= 0.3 is 5.97 Å². The van der Waals surface area contributed by atoms with E-state index in [1.54, 1.807) is 6.07 Å². The van der Waals surface area contributed by atoms with Crippen LogP contribution in [-0.2, 0) is 14.3 Å². The average molecular weight is 367 g/mol. The van der Waals surface area contributed by atoms with E-state index in [0.29, 0.717) is 12.2 Å². The Morgan fingerprint density at radius 2 is 1.93 bits per heavy atom. The van der Waals surface area contributed by atoms with Crippen molar-refractivity contribution in [3.63, 3.8) is 0 Å². The predicted molar refractivity (Wildman–Crippen MR) is 100 cm³/mol. The van der Waals surface area contributed by atoms with Crippen LogP contribution >= 0.6 is 0 Å². The Balaban J connectivity index is 2.34. The van der Waals surface area contributed by atoms with Crippen molar-refractivity contribution in [3.05, 3.63) is 52.9 Å². The smallest absolute Gasteiger partial charge is 0.349 e. The molecule has 140 valence electrons. The standard InChI is InChI=1S/C20H21N3O4/c1-4-26-18-7-5-17(6-8-18)23-13(2)9-15(14(23)3)10-16(11-21)20(25)27-12-19(22)24/h5-10H,4,12H2,1-3H3,(H2,22,24)/b16-10+. The predicted octanol–water partition coefficient (Wildman–Crippen LogP) is 2.43. The van der Waals surface area contributed by atoms with E-state index in [2.05, 4.69) is 0 Å². The number of amides is 1. The quantitative estimate of drug-likeness (QED) is 0.459. The molecule has 7 nitrogen and oxygen atoms in total. The molecule has 0 atom stereocenters. The maximum absolute atomic E-state index is 11.9. The van der Waals surface area contributed by atoms with Crippen molar-refractivity contribution in [2.75, 3.05) is 13.2 Å². The van der Waals surface area contributed by atoms with Crippen molar-refractivity contribution in [3.8, 4) is 17.5 Å². The lowest BCUT2D eigenvalue weighted by molar-refractivity contribution is -0.143. The van der Waals surface area contributed by atoms with E-state index in [4.69, 9.17) is 15.2 Å². The third-order valence-electron chi connectivity index (χ3n) is 3.86. The second-order valence-electron chi connectivity index (χ2n) is 5.80. The van der Waals surface area contributed by atoms with Gasteiger partial charge in [0.1, 0.15) is 17.4 Å². The van der Waals surface area contributed by atoms with Crippen LogP contribution in [0.2, 0.25) is 0 Å². The first-order valence-corrected chi connectivity index (χ1v) is 8.36. The Morgan fingerprint density at radius 1 is 1.26 bits per heavy atom. The molecule has 0 fully saturated rings. The van der Waals surface area contributed by atoms with Crippen molar-refractivity contribution in [1.82, 2.24) is 4.57 Å². The zero-order chi connectivity index (χ0) is 20.0. The van der Waals surface area contributed by atoms with Gasteiger partial charge in [-0.05, 0) is 62.7 Å². The molecule has 1 amide bonds. The van der Waals surface area contributed by atoms with Crippen molar-refractivity contribution in [2.24, 2.45) is 5.73 Å². The Bertz CT molecular complexity index is 918. The van der Waals surface area contributed by atoms with Gasteiger partial charge in [0.2, 0.25) is 0 Å². The van der Waals surface area contributed by atoms with Crippen molar-refractivity contribution >= 4 is 18.0 Å². The molecule has 1 aromatic carbocycles. The maximum atomic E-state index is 11.9. The number of rotatable bonds is 7. The van der Waals surface area contributed by atoms with Crippen molar-refractivity contribution in [1.29, 1.82) is 5.26 Å². The molecule has 0 aliphatic rings. The lowest BCUT2D eigenvalue weighted by atomic mass is 10.1.